The van der Waals surface area contributed by atoms with Crippen molar-refractivity contribution in [3.05, 3.63) is 59.4 Å². The number of esters is 1. The van der Waals surface area contributed by atoms with Crippen LogP contribution in [-0.4, -0.2) is 18.1 Å². The van der Waals surface area contributed by atoms with Gasteiger partial charge in [0.15, 0.2) is 0 Å². The van der Waals surface area contributed by atoms with E-state index in [1.807, 2.05) is 31.2 Å². The number of methoxy groups -OCH3 is 1. The second kappa shape index (κ2) is 6.00. The van der Waals surface area contributed by atoms with Gasteiger partial charge in [-0.1, -0.05) is 18.2 Å². The van der Waals surface area contributed by atoms with Crippen molar-refractivity contribution < 1.29 is 9.53 Å². The van der Waals surface area contributed by atoms with Crippen LogP contribution in [0, 0.1) is 6.92 Å². The molecule has 0 radical (unpaired) electrons. The molecule has 4 nitrogen and oxygen atoms in total. The van der Waals surface area contributed by atoms with Crippen LogP contribution in [0.25, 0.3) is 0 Å². The van der Waals surface area contributed by atoms with Crippen LogP contribution in [0.15, 0.2) is 42.7 Å². The third-order valence-corrected chi connectivity index (χ3v) is 2.93. The molecule has 1 heterocycles. The number of rotatable bonds is 4. The Morgan fingerprint density at radius 1 is 1.32 bits per heavy atom. The molecule has 1 aromatic carbocycles. The average molecular weight is 256 g/mol. The summed E-state index contributed by atoms with van der Waals surface area (Å²) in [5, 5.41) is 3.28. The maximum Gasteiger partial charge on any atom is 0.338 e. The topological polar surface area (TPSA) is 51.2 Å². The number of hydrogen-bond donors (Lipinski definition) is 1. The number of anilines is 1. The quantitative estimate of drug-likeness (QED) is 0.855. The van der Waals surface area contributed by atoms with Gasteiger partial charge in [0.1, 0.15) is 0 Å². The fourth-order valence-corrected chi connectivity index (χ4v) is 1.82. The van der Waals surface area contributed by atoms with Crippen molar-refractivity contribution in [1.82, 2.24) is 4.98 Å². The molecule has 1 aromatic heterocycles. The van der Waals surface area contributed by atoms with E-state index in [-0.39, 0.29) is 5.97 Å². The third kappa shape index (κ3) is 3.10. The van der Waals surface area contributed by atoms with Crippen molar-refractivity contribution in [2.75, 3.05) is 12.4 Å². The number of nitrogens with zero attached hydrogens (tertiary/aromatic N) is 1. The number of nitrogens with one attached hydrogen (secondary N) is 1. The first-order chi connectivity index (χ1) is 9.22. The number of aromatic nitrogens is 1. The lowest BCUT2D eigenvalue weighted by atomic mass is 10.1. The normalized spacial score (nSPS) is 10.0. The van der Waals surface area contributed by atoms with Gasteiger partial charge >= 0.3 is 5.97 Å². The average Bonchev–Trinajstić information content (AvgIpc) is 2.46. The first-order valence-corrected chi connectivity index (χ1v) is 6.03. The smallest absolute Gasteiger partial charge is 0.338 e. The summed E-state index contributed by atoms with van der Waals surface area (Å²) in [4.78, 5) is 15.7. The molecule has 0 bridgehead atoms. The Morgan fingerprint density at radius 3 is 2.84 bits per heavy atom. The van der Waals surface area contributed by atoms with Crippen molar-refractivity contribution in [2.24, 2.45) is 0 Å². The number of ether oxygens (including phenoxy) is 1. The molecule has 0 fully saturated rings. The van der Waals surface area contributed by atoms with Crippen molar-refractivity contribution in [1.29, 1.82) is 0 Å². The zero-order valence-electron chi connectivity index (χ0n) is 11.0. The fourth-order valence-electron chi connectivity index (χ4n) is 1.82. The highest BCUT2D eigenvalue weighted by molar-refractivity contribution is 5.91. The molecule has 0 aliphatic carbocycles. The molecule has 1 N–H and O–H groups in total. The van der Waals surface area contributed by atoms with Gasteiger partial charge in [-0.05, 0) is 30.2 Å². The third-order valence-electron chi connectivity index (χ3n) is 2.93. The fraction of sp³-hybridized carbons (Fsp3) is 0.200. The van der Waals surface area contributed by atoms with Crippen molar-refractivity contribution in [3.8, 4) is 0 Å². The van der Waals surface area contributed by atoms with Crippen molar-refractivity contribution in [3.63, 3.8) is 0 Å². The van der Waals surface area contributed by atoms with E-state index in [1.165, 1.54) is 7.11 Å². The Bertz CT molecular complexity index is 582. The summed E-state index contributed by atoms with van der Waals surface area (Å²) in [7, 11) is 1.39. The molecule has 2 aromatic rings. The number of hydrogen-bond acceptors (Lipinski definition) is 4. The van der Waals surface area contributed by atoms with Gasteiger partial charge in [-0.15, -0.1) is 0 Å². The lowest BCUT2D eigenvalue weighted by Gasteiger charge is -2.11. The summed E-state index contributed by atoms with van der Waals surface area (Å²) >= 11 is 0. The molecular weight excluding hydrogens is 240 g/mol. The number of pyridine rings is 1. The molecular formula is C15H16N2O2. The highest BCUT2D eigenvalue weighted by atomic mass is 16.5. The summed E-state index contributed by atoms with van der Waals surface area (Å²) in [6.07, 6.45) is 3.53. The van der Waals surface area contributed by atoms with Gasteiger partial charge in [-0.3, -0.25) is 4.98 Å². The molecule has 0 saturated carbocycles. The minimum atomic E-state index is -0.319. The lowest BCUT2D eigenvalue weighted by Crippen LogP contribution is -2.09. The van der Waals surface area contributed by atoms with Crippen molar-refractivity contribution >= 4 is 11.7 Å². The molecule has 98 valence electrons. The van der Waals surface area contributed by atoms with E-state index in [0.717, 1.165) is 16.8 Å². The van der Waals surface area contributed by atoms with E-state index in [2.05, 4.69) is 10.3 Å². The van der Waals surface area contributed by atoms with Gasteiger partial charge in [-0.2, -0.15) is 0 Å². The minimum Gasteiger partial charge on any atom is -0.465 e. The summed E-state index contributed by atoms with van der Waals surface area (Å²) in [6, 6.07) is 9.34. The number of carbonyl (C=O) groups is 1. The van der Waals surface area contributed by atoms with Crippen LogP contribution in [0.4, 0.5) is 5.69 Å². The minimum absolute atomic E-state index is 0.319. The molecule has 0 aliphatic rings. The second-order valence-corrected chi connectivity index (χ2v) is 4.19. The molecule has 0 atom stereocenters. The van der Waals surface area contributed by atoms with Gasteiger partial charge in [0, 0.05) is 12.7 Å². The van der Waals surface area contributed by atoms with Crippen LogP contribution in [0.2, 0.25) is 0 Å². The zero-order valence-corrected chi connectivity index (χ0v) is 11.0. The van der Waals surface area contributed by atoms with E-state index in [4.69, 9.17) is 4.74 Å². The van der Waals surface area contributed by atoms with Crippen LogP contribution >= 0.6 is 0 Å². The van der Waals surface area contributed by atoms with Crippen molar-refractivity contribution in [2.45, 2.75) is 13.5 Å². The van der Waals surface area contributed by atoms with E-state index in [0.29, 0.717) is 12.1 Å². The molecule has 0 aliphatic heterocycles. The molecule has 4 heteroatoms. The first-order valence-electron chi connectivity index (χ1n) is 6.03. The maximum atomic E-state index is 11.7. The highest BCUT2D eigenvalue weighted by Gasteiger charge is 2.10. The molecule has 0 spiro atoms. The Balaban J connectivity index is 2.16. The van der Waals surface area contributed by atoms with Gasteiger partial charge in [0.2, 0.25) is 0 Å². The van der Waals surface area contributed by atoms with Crippen LogP contribution in [-0.2, 0) is 11.3 Å². The predicted molar refractivity (Wildman–Crippen MR) is 74.1 cm³/mol. The van der Waals surface area contributed by atoms with Crippen LogP contribution < -0.4 is 5.32 Å². The van der Waals surface area contributed by atoms with Gasteiger partial charge in [0.05, 0.1) is 24.6 Å². The highest BCUT2D eigenvalue weighted by Crippen LogP contribution is 2.15. The molecule has 19 heavy (non-hydrogen) atoms. The van der Waals surface area contributed by atoms with E-state index < -0.39 is 0 Å². The Hall–Kier alpha value is -2.36. The first kappa shape index (κ1) is 13.1. The summed E-state index contributed by atoms with van der Waals surface area (Å²) in [5.74, 6) is -0.319. The Kier molecular flexibility index (Phi) is 4.13. The van der Waals surface area contributed by atoms with E-state index >= 15 is 0 Å². The van der Waals surface area contributed by atoms with Crippen LogP contribution in [0.3, 0.4) is 0 Å². The summed E-state index contributed by atoms with van der Waals surface area (Å²) < 4.78 is 4.77. The molecule has 0 saturated heterocycles. The largest absolute Gasteiger partial charge is 0.465 e. The monoisotopic (exact) mass is 256 g/mol. The van der Waals surface area contributed by atoms with Gasteiger partial charge < -0.3 is 10.1 Å². The lowest BCUT2D eigenvalue weighted by molar-refractivity contribution is 0.0599. The predicted octanol–water partition coefficient (Wildman–Crippen LogP) is 2.79. The molecule has 2 rings (SSSR count). The number of aryl methyl sites for hydroxylation is 1. The Morgan fingerprint density at radius 2 is 2.11 bits per heavy atom. The second-order valence-electron chi connectivity index (χ2n) is 4.19. The van der Waals surface area contributed by atoms with Crippen LogP contribution in [0.1, 0.15) is 21.5 Å². The summed E-state index contributed by atoms with van der Waals surface area (Å²) in [5.41, 5.74) is 3.56. The number of benzene rings is 1. The van der Waals surface area contributed by atoms with Crippen LogP contribution in [0.5, 0.6) is 0 Å². The van der Waals surface area contributed by atoms with E-state index in [9.17, 15) is 4.79 Å². The van der Waals surface area contributed by atoms with Gasteiger partial charge in [0.25, 0.3) is 0 Å². The summed E-state index contributed by atoms with van der Waals surface area (Å²) in [6.45, 7) is 2.56. The maximum absolute atomic E-state index is 11.7. The standard InChI is InChI=1S/C15H16N2O2/c1-11-7-8-16-10-14(11)17-9-12-5-3-4-6-13(12)15(18)19-2/h3-8,10,17H,9H2,1-2H3. The molecule has 0 amide bonds. The molecule has 0 unspecified atom stereocenters. The van der Waals surface area contributed by atoms with E-state index in [1.54, 1.807) is 18.5 Å². The zero-order chi connectivity index (χ0) is 13.7. The SMILES string of the molecule is COC(=O)c1ccccc1CNc1cnccc1C. The Labute approximate surface area is 112 Å². The number of carbonyl (C=O) groups excluding carboxylic acids is 1. The van der Waals surface area contributed by atoms with Gasteiger partial charge in [-0.25, -0.2) is 4.79 Å².